The largest absolute Gasteiger partial charge is 0.338 e. The highest BCUT2D eigenvalue weighted by Gasteiger charge is 2.28. The normalized spacial score (nSPS) is 20.4. The van der Waals surface area contributed by atoms with Gasteiger partial charge in [0, 0.05) is 44.7 Å². The molecule has 2 aromatic rings. The van der Waals surface area contributed by atoms with Crippen molar-refractivity contribution in [1.29, 1.82) is 0 Å². The molecule has 4 rings (SSSR count). The Bertz CT molecular complexity index is 823. The van der Waals surface area contributed by atoms with Crippen molar-refractivity contribution in [1.82, 2.24) is 19.8 Å². The topological polar surface area (TPSA) is 49.3 Å². The number of amides is 1. The molecule has 5 nitrogen and oxygen atoms in total. The minimum atomic E-state index is -0.202. The SMILES string of the molecule is CC(=O)N1CCc2nc([C@H]3CCCCN3Cc3ccc(F)cc3)ncc2C1. The average Bonchev–Trinajstić information content (AvgIpc) is 2.69. The molecule has 0 N–H and O–H groups in total. The molecule has 3 heterocycles. The summed E-state index contributed by atoms with van der Waals surface area (Å²) in [4.78, 5) is 25.4. The van der Waals surface area contributed by atoms with Crippen LogP contribution in [0, 0.1) is 5.82 Å². The van der Waals surface area contributed by atoms with Crippen molar-refractivity contribution in [2.75, 3.05) is 13.1 Å². The minimum Gasteiger partial charge on any atom is -0.338 e. The van der Waals surface area contributed by atoms with Crippen molar-refractivity contribution in [3.8, 4) is 0 Å². The Hall–Kier alpha value is -2.34. The van der Waals surface area contributed by atoms with E-state index in [2.05, 4.69) is 9.88 Å². The summed E-state index contributed by atoms with van der Waals surface area (Å²) in [6, 6.07) is 6.94. The second-order valence-corrected chi connectivity index (χ2v) is 7.50. The number of likely N-dealkylation sites (tertiary alicyclic amines) is 1. The van der Waals surface area contributed by atoms with E-state index >= 15 is 0 Å². The third-order valence-corrected chi connectivity index (χ3v) is 5.61. The lowest BCUT2D eigenvalue weighted by molar-refractivity contribution is -0.129. The summed E-state index contributed by atoms with van der Waals surface area (Å²) in [6.07, 6.45) is 6.06. The third-order valence-electron chi connectivity index (χ3n) is 5.61. The number of aromatic nitrogens is 2. The van der Waals surface area contributed by atoms with Gasteiger partial charge >= 0.3 is 0 Å². The van der Waals surface area contributed by atoms with Crippen LogP contribution >= 0.6 is 0 Å². The van der Waals surface area contributed by atoms with Crippen LogP contribution in [0.2, 0.25) is 0 Å². The lowest BCUT2D eigenvalue weighted by atomic mass is 9.99. The molecule has 0 spiro atoms. The second-order valence-electron chi connectivity index (χ2n) is 7.50. The summed E-state index contributed by atoms with van der Waals surface area (Å²) in [5.41, 5.74) is 3.24. The number of hydrogen-bond acceptors (Lipinski definition) is 4. The molecule has 1 atom stereocenters. The molecular formula is C21H25FN4O. The van der Waals surface area contributed by atoms with Gasteiger partial charge in [0.15, 0.2) is 0 Å². The maximum absolute atomic E-state index is 13.2. The summed E-state index contributed by atoms with van der Waals surface area (Å²) in [5, 5.41) is 0. The van der Waals surface area contributed by atoms with Gasteiger partial charge in [-0.05, 0) is 37.1 Å². The van der Waals surface area contributed by atoms with Gasteiger partial charge in [0.25, 0.3) is 0 Å². The van der Waals surface area contributed by atoms with Gasteiger partial charge in [-0.1, -0.05) is 18.6 Å². The number of benzene rings is 1. The van der Waals surface area contributed by atoms with Crippen LogP contribution in [0.15, 0.2) is 30.5 Å². The number of hydrogen-bond donors (Lipinski definition) is 0. The van der Waals surface area contributed by atoms with Crippen molar-refractivity contribution in [3.05, 3.63) is 58.9 Å². The van der Waals surface area contributed by atoms with Crippen LogP contribution in [0.25, 0.3) is 0 Å². The summed E-state index contributed by atoms with van der Waals surface area (Å²) in [7, 11) is 0. The Morgan fingerprint density at radius 2 is 2.04 bits per heavy atom. The maximum Gasteiger partial charge on any atom is 0.219 e. The summed E-state index contributed by atoms with van der Waals surface area (Å²) in [6.45, 7) is 4.72. The molecule has 0 radical (unpaired) electrons. The zero-order valence-corrected chi connectivity index (χ0v) is 15.7. The first kappa shape index (κ1) is 18.0. The highest BCUT2D eigenvalue weighted by Crippen LogP contribution is 2.31. The summed E-state index contributed by atoms with van der Waals surface area (Å²) < 4.78 is 13.2. The molecule has 1 saturated heterocycles. The Kier molecular flexibility index (Phi) is 5.16. The zero-order valence-electron chi connectivity index (χ0n) is 15.7. The Balaban J connectivity index is 1.53. The molecule has 0 aliphatic carbocycles. The lowest BCUT2D eigenvalue weighted by Gasteiger charge is -2.35. The van der Waals surface area contributed by atoms with Crippen LogP contribution in [0.3, 0.4) is 0 Å². The molecular weight excluding hydrogens is 343 g/mol. The van der Waals surface area contributed by atoms with Gasteiger partial charge in [0.2, 0.25) is 5.91 Å². The number of piperidine rings is 1. The van der Waals surface area contributed by atoms with Crippen molar-refractivity contribution < 1.29 is 9.18 Å². The number of carbonyl (C=O) groups excluding carboxylic acids is 1. The Morgan fingerprint density at radius 1 is 1.22 bits per heavy atom. The van der Waals surface area contributed by atoms with E-state index in [-0.39, 0.29) is 17.8 Å². The highest BCUT2D eigenvalue weighted by atomic mass is 19.1. The van der Waals surface area contributed by atoms with Crippen LogP contribution < -0.4 is 0 Å². The molecule has 2 aliphatic rings. The molecule has 142 valence electrons. The van der Waals surface area contributed by atoms with Crippen LogP contribution in [0.4, 0.5) is 4.39 Å². The molecule has 1 aromatic carbocycles. The van der Waals surface area contributed by atoms with E-state index in [1.54, 1.807) is 6.92 Å². The van der Waals surface area contributed by atoms with E-state index in [1.165, 1.54) is 18.6 Å². The van der Waals surface area contributed by atoms with E-state index in [1.807, 2.05) is 23.2 Å². The smallest absolute Gasteiger partial charge is 0.219 e. The first-order valence-electron chi connectivity index (χ1n) is 9.69. The van der Waals surface area contributed by atoms with Crippen LogP contribution in [0.1, 0.15) is 54.9 Å². The quantitative estimate of drug-likeness (QED) is 0.835. The number of rotatable bonds is 3. The minimum absolute atomic E-state index is 0.0995. The van der Waals surface area contributed by atoms with Crippen molar-refractivity contribution in [2.24, 2.45) is 0 Å². The fourth-order valence-electron chi connectivity index (χ4n) is 4.06. The third kappa shape index (κ3) is 4.00. The number of nitrogens with zero attached hydrogens (tertiary/aromatic N) is 4. The van der Waals surface area contributed by atoms with Gasteiger partial charge in [-0.3, -0.25) is 9.69 Å². The van der Waals surface area contributed by atoms with E-state index in [0.717, 1.165) is 61.5 Å². The maximum atomic E-state index is 13.2. The number of halogens is 1. The standard InChI is InChI=1S/C21H25FN4O/c1-15(27)25-11-9-19-17(14-25)12-23-21(24-19)20-4-2-3-10-26(20)13-16-5-7-18(22)8-6-16/h5-8,12,20H,2-4,9-11,13-14H2,1H3/t20-/m1/s1. The second kappa shape index (κ2) is 7.72. The van der Waals surface area contributed by atoms with Crippen LogP contribution in [-0.4, -0.2) is 38.8 Å². The first-order valence-corrected chi connectivity index (χ1v) is 9.69. The lowest BCUT2D eigenvalue weighted by Crippen LogP contribution is -2.36. The highest BCUT2D eigenvalue weighted by molar-refractivity contribution is 5.73. The monoisotopic (exact) mass is 368 g/mol. The molecule has 2 aliphatic heterocycles. The van der Waals surface area contributed by atoms with Crippen molar-refractivity contribution >= 4 is 5.91 Å². The number of carbonyl (C=O) groups is 1. The van der Waals surface area contributed by atoms with Gasteiger partial charge in [-0.25, -0.2) is 14.4 Å². The number of fused-ring (bicyclic) bond motifs is 1. The van der Waals surface area contributed by atoms with E-state index in [0.29, 0.717) is 6.54 Å². The zero-order chi connectivity index (χ0) is 18.8. The van der Waals surface area contributed by atoms with Crippen LogP contribution in [-0.2, 0) is 24.3 Å². The van der Waals surface area contributed by atoms with E-state index in [4.69, 9.17) is 4.98 Å². The molecule has 0 bridgehead atoms. The molecule has 27 heavy (non-hydrogen) atoms. The van der Waals surface area contributed by atoms with Gasteiger partial charge in [0.05, 0.1) is 11.7 Å². The molecule has 1 amide bonds. The molecule has 1 aromatic heterocycles. The molecule has 0 saturated carbocycles. The predicted molar refractivity (Wildman–Crippen MR) is 100 cm³/mol. The average molecular weight is 368 g/mol. The van der Waals surface area contributed by atoms with E-state index < -0.39 is 0 Å². The molecule has 1 fully saturated rings. The van der Waals surface area contributed by atoms with Gasteiger partial charge in [-0.2, -0.15) is 0 Å². The molecule has 6 heteroatoms. The van der Waals surface area contributed by atoms with Gasteiger partial charge < -0.3 is 4.90 Å². The summed E-state index contributed by atoms with van der Waals surface area (Å²) >= 11 is 0. The van der Waals surface area contributed by atoms with Crippen LogP contribution in [0.5, 0.6) is 0 Å². The van der Waals surface area contributed by atoms with E-state index in [9.17, 15) is 9.18 Å². The molecule has 0 unspecified atom stereocenters. The van der Waals surface area contributed by atoms with Gasteiger partial charge in [-0.15, -0.1) is 0 Å². The predicted octanol–water partition coefficient (Wildman–Crippen LogP) is 3.25. The van der Waals surface area contributed by atoms with Gasteiger partial charge in [0.1, 0.15) is 11.6 Å². The van der Waals surface area contributed by atoms with Crippen molar-refractivity contribution in [2.45, 2.75) is 51.7 Å². The fraction of sp³-hybridized carbons (Fsp3) is 0.476. The van der Waals surface area contributed by atoms with Crippen molar-refractivity contribution in [3.63, 3.8) is 0 Å². The summed E-state index contributed by atoms with van der Waals surface area (Å²) in [5.74, 6) is 0.779. The first-order chi connectivity index (χ1) is 13.1. The fourth-order valence-corrected chi connectivity index (χ4v) is 4.06. The Morgan fingerprint density at radius 3 is 2.81 bits per heavy atom. The Labute approximate surface area is 159 Å².